The van der Waals surface area contributed by atoms with Crippen molar-refractivity contribution in [2.45, 2.75) is 26.3 Å². The number of carbonyl (C=O) groups excluding carboxylic acids is 1. The zero-order valence-electron chi connectivity index (χ0n) is 17.2. The van der Waals surface area contributed by atoms with E-state index < -0.39 is 0 Å². The lowest BCUT2D eigenvalue weighted by Gasteiger charge is -2.32. The van der Waals surface area contributed by atoms with Crippen molar-refractivity contribution in [3.05, 3.63) is 62.9 Å². The summed E-state index contributed by atoms with van der Waals surface area (Å²) in [5.41, 5.74) is 1.35. The standard InChI is InChI=1S/C22H25ClN4O3/c1-14-18(19-21(30-14)25-13-26(2)22(19)29)20(28)24-11-15-7-9-27(10-8-15)12-16-5-3-4-6-17(16)23/h3-6,13,15H,7-12H2,1-2H3,(H,24,28). The van der Waals surface area contributed by atoms with Crippen molar-refractivity contribution in [3.63, 3.8) is 0 Å². The second-order valence-electron chi connectivity index (χ2n) is 7.89. The summed E-state index contributed by atoms with van der Waals surface area (Å²) >= 11 is 6.27. The first kappa shape index (κ1) is 20.6. The Bertz CT molecular complexity index is 1130. The van der Waals surface area contributed by atoms with Gasteiger partial charge in [0.25, 0.3) is 11.5 Å². The fourth-order valence-corrected chi connectivity index (χ4v) is 4.20. The van der Waals surface area contributed by atoms with E-state index in [4.69, 9.17) is 16.0 Å². The average Bonchev–Trinajstić information content (AvgIpc) is 3.08. The van der Waals surface area contributed by atoms with Gasteiger partial charge in [-0.1, -0.05) is 29.8 Å². The molecule has 1 aromatic carbocycles. The highest BCUT2D eigenvalue weighted by Gasteiger charge is 2.24. The summed E-state index contributed by atoms with van der Waals surface area (Å²) in [6.45, 7) is 5.03. The third-order valence-corrected chi connectivity index (χ3v) is 6.15. The molecule has 1 aliphatic heterocycles. The van der Waals surface area contributed by atoms with Crippen LogP contribution in [0.3, 0.4) is 0 Å². The van der Waals surface area contributed by atoms with Gasteiger partial charge in [0.1, 0.15) is 17.5 Å². The van der Waals surface area contributed by atoms with Gasteiger partial charge in [0.2, 0.25) is 5.71 Å². The van der Waals surface area contributed by atoms with Crippen LogP contribution in [-0.2, 0) is 13.6 Å². The van der Waals surface area contributed by atoms with E-state index in [1.54, 1.807) is 14.0 Å². The molecule has 0 atom stereocenters. The minimum atomic E-state index is -0.283. The number of halogens is 1. The van der Waals surface area contributed by atoms with Gasteiger partial charge in [0.05, 0.1) is 5.56 Å². The summed E-state index contributed by atoms with van der Waals surface area (Å²) in [5.74, 6) is 0.526. The molecule has 1 saturated heterocycles. The van der Waals surface area contributed by atoms with E-state index in [1.165, 1.54) is 10.9 Å². The van der Waals surface area contributed by atoms with Gasteiger partial charge in [-0.2, -0.15) is 0 Å². The summed E-state index contributed by atoms with van der Waals surface area (Å²) in [6.07, 6.45) is 3.39. The lowest BCUT2D eigenvalue weighted by Crippen LogP contribution is -2.38. The number of likely N-dealkylation sites (tertiary alicyclic amines) is 1. The lowest BCUT2D eigenvalue weighted by atomic mass is 9.96. The molecule has 4 rings (SSSR count). The van der Waals surface area contributed by atoms with E-state index in [2.05, 4.69) is 21.3 Å². The van der Waals surface area contributed by atoms with Crippen LogP contribution in [0.15, 0.2) is 39.8 Å². The molecule has 2 aromatic heterocycles. The van der Waals surface area contributed by atoms with Crippen molar-refractivity contribution >= 4 is 28.6 Å². The van der Waals surface area contributed by atoms with Gasteiger partial charge in [0.15, 0.2) is 0 Å². The van der Waals surface area contributed by atoms with Crippen LogP contribution in [0.25, 0.3) is 11.1 Å². The van der Waals surface area contributed by atoms with Gasteiger partial charge in [-0.3, -0.25) is 14.5 Å². The van der Waals surface area contributed by atoms with E-state index >= 15 is 0 Å². The molecule has 3 heterocycles. The molecule has 7 nitrogen and oxygen atoms in total. The van der Waals surface area contributed by atoms with Crippen LogP contribution in [0.5, 0.6) is 0 Å². The number of furan rings is 1. The fourth-order valence-electron chi connectivity index (χ4n) is 4.00. The third-order valence-electron chi connectivity index (χ3n) is 5.79. The minimum Gasteiger partial charge on any atom is -0.442 e. The number of nitrogens with one attached hydrogen (secondary N) is 1. The van der Waals surface area contributed by atoms with Gasteiger partial charge in [0, 0.05) is 25.2 Å². The van der Waals surface area contributed by atoms with Crippen LogP contribution in [0.2, 0.25) is 5.02 Å². The molecule has 1 fully saturated rings. The first-order valence-electron chi connectivity index (χ1n) is 10.1. The maximum absolute atomic E-state index is 12.8. The molecule has 0 bridgehead atoms. The van der Waals surface area contributed by atoms with Crippen molar-refractivity contribution in [2.24, 2.45) is 13.0 Å². The Morgan fingerprint density at radius 3 is 2.77 bits per heavy atom. The van der Waals surface area contributed by atoms with Crippen LogP contribution in [0.1, 0.15) is 34.5 Å². The predicted molar refractivity (Wildman–Crippen MR) is 116 cm³/mol. The molecule has 0 aliphatic carbocycles. The van der Waals surface area contributed by atoms with Crippen LogP contribution < -0.4 is 10.9 Å². The molecule has 0 spiro atoms. The fraction of sp³-hybridized carbons (Fsp3) is 0.409. The Labute approximate surface area is 179 Å². The molecular formula is C22H25ClN4O3. The summed E-state index contributed by atoms with van der Waals surface area (Å²) in [4.78, 5) is 31.8. The van der Waals surface area contributed by atoms with Crippen LogP contribution in [-0.4, -0.2) is 40.0 Å². The molecule has 8 heteroatoms. The highest BCUT2D eigenvalue weighted by Crippen LogP contribution is 2.23. The number of amides is 1. The number of rotatable bonds is 5. The number of carbonyl (C=O) groups is 1. The number of hydrogen-bond acceptors (Lipinski definition) is 5. The molecule has 1 amide bonds. The van der Waals surface area contributed by atoms with E-state index in [-0.39, 0.29) is 28.1 Å². The van der Waals surface area contributed by atoms with Gasteiger partial charge < -0.3 is 14.3 Å². The Hall–Kier alpha value is -2.64. The van der Waals surface area contributed by atoms with Gasteiger partial charge >= 0.3 is 0 Å². The van der Waals surface area contributed by atoms with Crippen molar-refractivity contribution in [1.29, 1.82) is 0 Å². The molecule has 158 valence electrons. The number of nitrogens with zero attached hydrogens (tertiary/aromatic N) is 3. The molecule has 0 saturated carbocycles. The van der Waals surface area contributed by atoms with E-state index in [0.29, 0.717) is 18.2 Å². The number of hydrogen-bond donors (Lipinski definition) is 1. The average molecular weight is 429 g/mol. The first-order chi connectivity index (χ1) is 14.4. The largest absolute Gasteiger partial charge is 0.442 e. The van der Waals surface area contributed by atoms with E-state index in [0.717, 1.165) is 43.1 Å². The summed E-state index contributed by atoms with van der Waals surface area (Å²) in [5, 5.41) is 4.04. The monoisotopic (exact) mass is 428 g/mol. The van der Waals surface area contributed by atoms with Crippen molar-refractivity contribution in [1.82, 2.24) is 19.8 Å². The molecule has 0 unspecified atom stereocenters. The normalized spacial score (nSPS) is 15.6. The van der Waals surface area contributed by atoms with Gasteiger partial charge in [-0.25, -0.2) is 4.98 Å². The summed E-state index contributed by atoms with van der Waals surface area (Å²) in [6, 6.07) is 7.93. The number of benzene rings is 1. The highest BCUT2D eigenvalue weighted by molar-refractivity contribution is 6.31. The second kappa shape index (κ2) is 8.62. The quantitative estimate of drug-likeness (QED) is 0.675. The van der Waals surface area contributed by atoms with Crippen LogP contribution in [0, 0.1) is 12.8 Å². The number of aromatic nitrogens is 2. The topological polar surface area (TPSA) is 80.4 Å². The minimum absolute atomic E-state index is 0.202. The Morgan fingerprint density at radius 1 is 1.30 bits per heavy atom. The molecule has 0 radical (unpaired) electrons. The summed E-state index contributed by atoms with van der Waals surface area (Å²) < 4.78 is 6.88. The number of piperidine rings is 1. The Balaban J connectivity index is 1.35. The van der Waals surface area contributed by atoms with Crippen molar-refractivity contribution < 1.29 is 9.21 Å². The smallest absolute Gasteiger partial charge is 0.265 e. The van der Waals surface area contributed by atoms with Crippen molar-refractivity contribution in [3.8, 4) is 0 Å². The summed E-state index contributed by atoms with van der Waals surface area (Å²) in [7, 11) is 1.61. The van der Waals surface area contributed by atoms with Gasteiger partial charge in [-0.05, 0) is 50.4 Å². The van der Waals surface area contributed by atoms with E-state index in [1.807, 2.05) is 18.2 Å². The maximum Gasteiger partial charge on any atom is 0.265 e. The highest BCUT2D eigenvalue weighted by atomic mass is 35.5. The molecule has 1 N–H and O–H groups in total. The lowest BCUT2D eigenvalue weighted by molar-refractivity contribution is 0.0935. The number of fused-ring (bicyclic) bond motifs is 1. The van der Waals surface area contributed by atoms with Crippen LogP contribution in [0.4, 0.5) is 0 Å². The molecule has 30 heavy (non-hydrogen) atoms. The Morgan fingerprint density at radius 2 is 2.03 bits per heavy atom. The maximum atomic E-state index is 12.8. The first-order valence-corrected chi connectivity index (χ1v) is 10.5. The third kappa shape index (κ3) is 4.13. The zero-order valence-corrected chi connectivity index (χ0v) is 17.9. The van der Waals surface area contributed by atoms with E-state index in [9.17, 15) is 9.59 Å². The second-order valence-corrected chi connectivity index (χ2v) is 8.30. The molecule has 1 aliphatic rings. The SMILES string of the molecule is Cc1oc2ncn(C)c(=O)c2c1C(=O)NCC1CCN(Cc2ccccc2Cl)CC1. The molecule has 3 aromatic rings. The van der Waals surface area contributed by atoms with Crippen molar-refractivity contribution in [2.75, 3.05) is 19.6 Å². The zero-order chi connectivity index (χ0) is 21.3. The predicted octanol–water partition coefficient (Wildman–Crippen LogP) is 3.13. The van der Waals surface area contributed by atoms with Crippen LogP contribution >= 0.6 is 11.6 Å². The molecular weight excluding hydrogens is 404 g/mol. The number of aryl methyl sites for hydroxylation is 2. The van der Waals surface area contributed by atoms with Gasteiger partial charge in [-0.15, -0.1) is 0 Å². The Kier molecular flexibility index (Phi) is 5.92.